The minimum Gasteiger partial charge on any atom is -0.349 e. The van der Waals surface area contributed by atoms with Gasteiger partial charge in [-0.25, -0.2) is 4.68 Å². The van der Waals surface area contributed by atoms with Gasteiger partial charge in [-0.1, -0.05) is 47.1 Å². The Bertz CT molecular complexity index is 945. The Labute approximate surface area is 171 Å². The van der Waals surface area contributed by atoms with Crippen molar-refractivity contribution in [2.75, 3.05) is 11.6 Å². The van der Waals surface area contributed by atoms with Gasteiger partial charge in [0.1, 0.15) is 0 Å². The first-order chi connectivity index (χ1) is 12.9. The standard InChI is InChI=1S/C18H17Cl2N5OS/c1-11(13-3-2-4-15(20)9-13)22-16(26)10-27-18-24-23-17(25(18)21)12-5-7-14(19)8-6-12/h2-9,11H,10,21H2,1H3,(H,22,26)/t11-/m1/s1. The number of nitrogens with one attached hydrogen (secondary N) is 1. The summed E-state index contributed by atoms with van der Waals surface area (Å²) < 4.78 is 1.36. The van der Waals surface area contributed by atoms with E-state index in [2.05, 4.69) is 15.5 Å². The van der Waals surface area contributed by atoms with Crippen LogP contribution in [0.5, 0.6) is 0 Å². The number of aromatic nitrogens is 3. The number of thioether (sulfide) groups is 1. The van der Waals surface area contributed by atoms with Gasteiger partial charge in [-0.3, -0.25) is 4.79 Å². The molecule has 0 aliphatic heterocycles. The highest BCUT2D eigenvalue weighted by Gasteiger charge is 2.15. The highest BCUT2D eigenvalue weighted by atomic mass is 35.5. The van der Waals surface area contributed by atoms with Gasteiger partial charge in [0.15, 0.2) is 5.82 Å². The summed E-state index contributed by atoms with van der Waals surface area (Å²) in [5, 5.41) is 12.8. The lowest BCUT2D eigenvalue weighted by Crippen LogP contribution is -2.28. The van der Waals surface area contributed by atoms with Crippen molar-refractivity contribution in [3.05, 3.63) is 64.1 Å². The van der Waals surface area contributed by atoms with E-state index in [1.54, 1.807) is 18.2 Å². The molecule has 3 aromatic rings. The van der Waals surface area contributed by atoms with Crippen LogP contribution in [-0.2, 0) is 4.79 Å². The molecular weight excluding hydrogens is 405 g/mol. The molecule has 140 valence electrons. The smallest absolute Gasteiger partial charge is 0.230 e. The first-order valence-electron chi connectivity index (χ1n) is 8.08. The number of hydrogen-bond donors (Lipinski definition) is 2. The second kappa shape index (κ2) is 8.65. The molecule has 27 heavy (non-hydrogen) atoms. The summed E-state index contributed by atoms with van der Waals surface area (Å²) in [4.78, 5) is 12.2. The molecule has 3 rings (SSSR count). The average Bonchev–Trinajstić information content (AvgIpc) is 3.01. The van der Waals surface area contributed by atoms with Crippen molar-refractivity contribution >= 4 is 40.9 Å². The zero-order valence-corrected chi connectivity index (χ0v) is 16.7. The van der Waals surface area contributed by atoms with E-state index in [9.17, 15) is 4.79 Å². The molecule has 1 heterocycles. The van der Waals surface area contributed by atoms with E-state index in [1.165, 1.54) is 16.4 Å². The van der Waals surface area contributed by atoms with Crippen LogP contribution in [0.3, 0.4) is 0 Å². The molecular formula is C18H17Cl2N5OS. The van der Waals surface area contributed by atoms with Crippen LogP contribution < -0.4 is 11.2 Å². The summed E-state index contributed by atoms with van der Waals surface area (Å²) in [6.45, 7) is 1.90. The van der Waals surface area contributed by atoms with E-state index in [0.717, 1.165) is 11.1 Å². The number of nitrogens with zero attached hydrogens (tertiary/aromatic N) is 3. The van der Waals surface area contributed by atoms with Crippen molar-refractivity contribution in [2.24, 2.45) is 0 Å². The normalized spacial score (nSPS) is 12.0. The van der Waals surface area contributed by atoms with Gasteiger partial charge in [-0.2, -0.15) is 0 Å². The van der Waals surface area contributed by atoms with Crippen LogP contribution >= 0.6 is 35.0 Å². The molecule has 3 N–H and O–H groups in total. The molecule has 9 heteroatoms. The fourth-order valence-corrected chi connectivity index (χ4v) is 3.44. The molecule has 0 radical (unpaired) electrons. The SMILES string of the molecule is C[C@@H](NC(=O)CSc1nnc(-c2ccc(Cl)cc2)n1N)c1cccc(Cl)c1. The van der Waals surface area contributed by atoms with E-state index < -0.39 is 0 Å². The van der Waals surface area contributed by atoms with Crippen LogP contribution in [0.1, 0.15) is 18.5 Å². The van der Waals surface area contributed by atoms with Gasteiger partial charge >= 0.3 is 0 Å². The largest absolute Gasteiger partial charge is 0.349 e. The molecule has 1 amide bonds. The Kier molecular flexibility index (Phi) is 6.26. The first-order valence-corrected chi connectivity index (χ1v) is 9.82. The van der Waals surface area contributed by atoms with Crippen LogP contribution in [0.2, 0.25) is 10.0 Å². The molecule has 6 nitrogen and oxygen atoms in total. The van der Waals surface area contributed by atoms with E-state index >= 15 is 0 Å². The molecule has 2 aromatic carbocycles. The van der Waals surface area contributed by atoms with Gasteiger partial charge in [0.2, 0.25) is 11.1 Å². The summed E-state index contributed by atoms with van der Waals surface area (Å²) in [6, 6.07) is 14.4. The monoisotopic (exact) mass is 421 g/mol. The number of carbonyl (C=O) groups is 1. The maximum absolute atomic E-state index is 12.2. The van der Waals surface area contributed by atoms with Crippen LogP contribution in [0.4, 0.5) is 0 Å². The Morgan fingerprint density at radius 1 is 1.19 bits per heavy atom. The Morgan fingerprint density at radius 2 is 1.93 bits per heavy atom. The minimum absolute atomic E-state index is 0.136. The van der Waals surface area contributed by atoms with Gasteiger partial charge in [0.05, 0.1) is 11.8 Å². The molecule has 0 spiro atoms. The molecule has 1 atom stereocenters. The lowest BCUT2D eigenvalue weighted by atomic mass is 10.1. The third-order valence-electron chi connectivity index (χ3n) is 3.83. The maximum Gasteiger partial charge on any atom is 0.230 e. The predicted octanol–water partition coefficient (Wildman–Crippen LogP) is 3.94. The number of nitrogen functional groups attached to an aromatic ring is 1. The van der Waals surface area contributed by atoms with Gasteiger partial charge in [0, 0.05) is 15.6 Å². The molecule has 0 bridgehead atoms. The quantitative estimate of drug-likeness (QED) is 0.464. The first kappa shape index (κ1) is 19.5. The van der Waals surface area contributed by atoms with Crippen LogP contribution in [-0.4, -0.2) is 26.5 Å². The third kappa shape index (κ3) is 4.94. The van der Waals surface area contributed by atoms with E-state index in [4.69, 9.17) is 29.0 Å². The molecule has 0 aliphatic rings. The lowest BCUT2D eigenvalue weighted by molar-refractivity contribution is -0.119. The summed E-state index contributed by atoms with van der Waals surface area (Å²) in [5.74, 6) is 6.59. The second-order valence-electron chi connectivity index (χ2n) is 5.82. The molecule has 0 aliphatic carbocycles. The highest BCUT2D eigenvalue weighted by Crippen LogP contribution is 2.23. The van der Waals surface area contributed by atoms with Crippen LogP contribution in [0.25, 0.3) is 11.4 Å². The molecule has 0 unspecified atom stereocenters. The lowest BCUT2D eigenvalue weighted by Gasteiger charge is -2.14. The summed E-state index contributed by atoms with van der Waals surface area (Å²) in [5.41, 5.74) is 1.73. The zero-order chi connectivity index (χ0) is 19.4. The average molecular weight is 422 g/mol. The Hall–Kier alpha value is -2.22. The van der Waals surface area contributed by atoms with Crippen molar-refractivity contribution in [3.63, 3.8) is 0 Å². The minimum atomic E-state index is -0.155. The Balaban J connectivity index is 1.60. The number of nitrogens with two attached hydrogens (primary N) is 1. The number of amides is 1. The predicted molar refractivity (Wildman–Crippen MR) is 109 cm³/mol. The van der Waals surface area contributed by atoms with Gasteiger partial charge in [-0.05, 0) is 48.9 Å². The van der Waals surface area contributed by atoms with Crippen molar-refractivity contribution in [2.45, 2.75) is 18.1 Å². The topological polar surface area (TPSA) is 85.8 Å². The molecule has 0 fully saturated rings. The second-order valence-corrected chi connectivity index (χ2v) is 7.63. The number of carbonyl (C=O) groups excluding carboxylic acids is 1. The van der Waals surface area contributed by atoms with Crippen molar-refractivity contribution in [1.29, 1.82) is 0 Å². The van der Waals surface area contributed by atoms with Crippen molar-refractivity contribution < 1.29 is 4.79 Å². The zero-order valence-electron chi connectivity index (χ0n) is 14.4. The van der Waals surface area contributed by atoms with Crippen molar-refractivity contribution in [1.82, 2.24) is 20.2 Å². The maximum atomic E-state index is 12.2. The fourth-order valence-electron chi connectivity index (χ4n) is 2.44. The summed E-state index contributed by atoms with van der Waals surface area (Å²) >= 11 is 13.1. The number of benzene rings is 2. The van der Waals surface area contributed by atoms with Crippen LogP contribution in [0.15, 0.2) is 53.7 Å². The van der Waals surface area contributed by atoms with Gasteiger partial charge in [0.25, 0.3) is 0 Å². The van der Waals surface area contributed by atoms with E-state index in [0.29, 0.717) is 21.0 Å². The number of hydrogen-bond acceptors (Lipinski definition) is 5. The van der Waals surface area contributed by atoms with Crippen LogP contribution in [0, 0.1) is 0 Å². The molecule has 0 saturated carbocycles. The Morgan fingerprint density at radius 3 is 2.63 bits per heavy atom. The van der Waals surface area contributed by atoms with E-state index in [-0.39, 0.29) is 17.7 Å². The van der Waals surface area contributed by atoms with E-state index in [1.807, 2.05) is 37.3 Å². The molecule has 0 saturated heterocycles. The van der Waals surface area contributed by atoms with Crippen molar-refractivity contribution in [3.8, 4) is 11.4 Å². The van der Waals surface area contributed by atoms with Gasteiger partial charge < -0.3 is 11.2 Å². The van der Waals surface area contributed by atoms with Gasteiger partial charge in [-0.15, -0.1) is 10.2 Å². The fraction of sp³-hybridized carbons (Fsp3) is 0.167. The summed E-state index contributed by atoms with van der Waals surface area (Å²) in [6.07, 6.45) is 0. The number of halogens is 2. The molecule has 1 aromatic heterocycles. The number of rotatable bonds is 6. The third-order valence-corrected chi connectivity index (χ3v) is 5.26. The highest BCUT2D eigenvalue weighted by molar-refractivity contribution is 7.99. The summed E-state index contributed by atoms with van der Waals surface area (Å²) in [7, 11) is 0.